The smallest absolute Gasteiger partial charge is 0.181 e. The van der Waals surface area contributed by atoms with Gasteiger partial charge in [-0.25, -0.2) is 9.37 Å². The third kappa shape index (κ3) is 2.65. The number of morpholine rings is 1. The van der Waals surface area contributed by atoms with Gasteiger partial charge in [0.05, 0.1) is 18.8 Å². The largest absolute Gasteiger partial charge is 0.366 e. The summed E-state index contributed by atoms with van der Waals surface area (Å²) in [5, 5.41) is 16.2. The summed E-state index contributed by atoms with van der Waals surface area (Å²) < 4.78 is 19.5. The quantitative estimate of drug-likeness (QED) is 0.937. The lowest BCUT2D eigenvalue weighted by Gasteiger charge is -2.33. The minimum Gasteiger partial charge on any atom is -0.366 e. The standard InChI is InChI=1S/C15H16FN5O/c1-2-14-18-15(20-19-14)13-9-21(6-7-22-13)12-5-3-4-11(16)10(12)8-17/h3-5,13H,2,6-7,9H2,1H3,(H,18,19,20). The summed E-state index contributed by atoms with van der Waals surface area (Å²) in [6, 6.07) is 6.59. The summed E-state index contributed by atoms with van der Waals surface area (Å²) in [6.45, 7) is 3.55. The lowest BCUT2D eigenvalue weighted by atomic mass is 10.1. The van der Waals surface area contributed by atoms with E-state index in [0.717, 1.165) is 12.2 Å². The Kier molecular flexibility index (Phi) is 4.02. The van der Waals surface area contributed by atoms with Crippen molar-refractivity contribution in [2.24, 2.45) is 0 Å². The van der Waals surface area contributed by atoms with E-state index in [2.05, 4.69) is 15.2 Å². The number of halogens is 1. The van der Waals surface area contributed by atoms with E-state index in [-0.39, 0.29) is 11.7 Å². The minimum atomic E-state index is -0.505. The lowest BCUT2D eigenvalue weighted by molar-refractivity contribution is 0.0342. The number of hydrogen-bond acceptors (Lipinski definition) is 5. The molecular formula is C15H16FN5O. The molecule has 3 rings (SSSR count). The predicted molar refractivity (Wildman–Crippen MR) is 77.8 cm³/mol. The molecule has 1 fully saturated rings. The van der Waals surface area contributed by atoms with Crippen LogP contribution in [-0.4, -0.2) is 34.9 Å². The monoisotopic (exact) mass is 301 g/mol. The van der Waals surface area contributed by atoms with Crippen LogP contribution in [0.25, 0.3) is 0 Å². The minimum absolute atomic E-state index is 0.0624. The van der Waals surface area contributed by atoms with Crippen molar-refractivity contribution < 1.29 is 9.13 Å². The molecule has 6 nitrogen and oxygen atoms in total. The first kappa shape index (κ1) is 14.5. The van der Waals surface area contributed by atoms with Crippen molar-refractivity contribution in [2.45, 2.75) is 19.4 Å². The highest BCUT2D eigenvalue weighted by Crippen LogP contribution is 2.28. The molecule has 1 atom stereocenters. The summed E-state index contributed by atoms with van der Waals surface area (Å²) in [5.41, 5.74) is 0.648. The van der Waals surface area contributed by atoms with Gasteiger partial charge in [0, 0.05) is 13.0 Å². The fraction of sp³-hybridized carbons (Fsp3) is 0.400. The first-order valence-electron chi connectivity index (χ1n) is 7.19. The van der Waals surface area contributed by atoms with Crippen LogP contribution in [0.15, 0.2) is 18.2 Å². The number of aryl methyl sites for hydroxylation is 1. The number of nitrogens with one attached hydrogen (secondary N) is 1. The van der Waals surface area contributed by atoms with Gasteiger partial charge in [-0.3, -0.25) is 5.10 Å². The van der Waals surface area contributed by atoms with E-state index >= 15 is 0 Å². The van der Waals surface area contributed by atoms with E-state index in [1.807, 2.05) is 17.9 Å². The van der Waals surface area contributed by atoms with Crippen LogP contribution in [0.3, 0.4) is 0 Å². The van der Waals surface area contributed by atoms with Crippen molar-refractivity contribution in [2.75, 3.05) is 24.6 Å². The van der Waals surface area contributed by atoms with Crippen LogP contribution in [-0.2, 0) is 11.2 Å². The lowest BCUT2D eigenvalue weighted by Crippen LogP contribution is -2.39. The maximum Gasteiger partial charge on any atom is 0.181 e. The second-order valence-electron chi connectivity index (χ2n) is 5.05. The Labute approximate surface area is 127 Å². The summed E-state index contributed by atoms with van der Waals surface area (Å²) in [5.74, 6) is 0.893. The number of nitriles is 1. The third-order valence-corrected chi connectivity index (χ3v) is 3.68. The highest BCUT2D eigenvalue weighted by molar-refractivity contribution is 5.60. The number of rotatable bonds is 3. The molecule has 0 radical (unpaired) electrons. The van der Waals surface area contributed by atoms with Gasteiger partial charge in [0.1, 0.15) is 29.4 Å². The number of H-pyrrole nitrogens is 1. The zero-order chi connectivity index (χ0) is 15.5. The second kappa shape index (κ2) is 6.12. The van der Waals surface area contributed by atoms with Crippen molar-refractivity contribution in [1.82, 2.24) is 15.2 Å². The highest BCUT2D eigenvalue weighted by Gasteiger charge is 2.27. The zero-order valence-electron chi connectivity index (χ0n) is 12.2. The van der Waals surface area contributed by atoms with Crippen molar-refractivity contribution in [3.05, 3.63) is 41.2 Å². The molecule has 0 bridgehead atoms. The first-order chi connectivity index (χ1) is 10.7. The molecule has 1 aliphatic rings. The zero-order valence-corrected chi connectivity index (χ0v) is 12.2. The van der Waals surface area contributed by atoms with Crippen LogP contribution in [0.4, 0.5) is 10.1 Å². The second-order valence-corrected chi connectivity index (χ2v) is 5.05. The molecule has 1 aromatic heterocycles. The Balaban J connectivity index is 1.84. The van der Waals surface area contributed by atoms with Crippen LogP contribution >= 0.6 is 0 Å². The Morgan fingerprint density at radius 2 is 2.41 bits per heavy atom. The van der Waals surface area contributed by atoms with Crippen LogP contribution in [0.1, 0.15) is 30.2 Å². The fourth-order valence-corrected chi connectivity index (χ4v) is 2.52. The normalized spacial score (nSPS) is 18.2. The molecule has 0 aliphatic carbocycles. The summed E-state index contributed by atoms with van der Waals surface area (Å²) in [6.07, 6.45) is 0.478. The third-order valence-electron chi connectivity index (χ3n) is 3.68. The van der Waals surface area contributed by atoms with Crippen LogP contribution in [0, 0.1) is 17.1 Å². The molecule has 1 N–H and O–H groups in total. The molecule has 114 valence electrons. The molecule has 7 heteroatoms. The van der Waals surface area contributed by atoms with Gasteiger partial charge in [0.25, 0.3) is 0 Å². The Morgan fingerprint density at radius 3 is 3.14 bits per heavy atom. The van der Waals surface area contributed by atoms with Crippen LogP contribution < -0.4 is 4.90 Å². The molecule has 1 unspecified atom stereocenters. The van der Waals surface area contributed by atoms with Gasteiger partial charge >= 0.3 is 0 Å². The van der Waals surface area contributed by atoms with Crippen molar-refractivity contribution >= 4 is 5.69 Å². The summed E-state index contributed by atoms with van der Waals surface area (Å²) >= 11 is 0. The maximum atomic E-state index is 13.8. The van der Waals surface area contributed by atoms with E-state index < -0.39 is 5.82 Å². The molecule has 0 amide bonds. The van der Waals surface area contributed by atoms with Crippen molar-refractivity contribution in [1.29, 1.82) is 5.26 Å². The van der Waals surface area contributed by atoms with E-state index in [9.17, 15) is 9.65 Å². The van der Waals surface area contributed by atoms with Gasteiger partial charge in [-0.05, 0) is 12.1 Å². The number of nitrogens with zero attached hydrogens (tertiary/aromatic N) is 4. The van der Waals surface area contributed by atoms with Gasteiger partial charge in [-0.1, -0.05) is 13.0 Å². The van der Waals surface area contributed by atoms with Gasteiger partial charge in [0.2, 0.25) is 0 Å². The molecule has 2 aromatic rings. The number of aromatic nitrogens is 3. The van der Waals surface area contributed by atoms with Gasteiger partial charge in [0.15, 0.2) is 5.82 Å². The van der Waals surface area contributed by atoms with Crippen molar-refractivity contribution in [3.8, 4) is 6.07 Å². The SMILES string of the molecule is CCc1nc(C2CN(c3cccc(F)c3C#N)CCO2)n[nH]1. The van der Waals surface area contributed by atoms with E-state index in [0.29, 0.717) is 31.2 Å². The Morgan fingerprint density at radius 1 is 1.55 bits per heavy atom. The van der Waals surface area contributed by atoms with Crippen molar-refractivity contribution in [3.63, 3.8) is 0 Å². The summed E-state index contributed by atoms with van der Waals surface area (Å²) in [4.78, 5) is 6.33. The number of anilines is 1. The molecule has 1 aliphatic heterocycles. The molecule has 2 heterocycles. The number of ether oxygens (including phenoxy) is 1. The number of benzene rings is 1. The number of hydrogen-bond donors (Lipinski definition) is 1. The van der Waals surface area contributed by atoms with Gasteiger partial charge in [-0.15, -0.1) is 0 Å². The predicted octanol–water partition coefficient (Wildman–Crippen LogP) is 1.96. The topological polar surface area (TPSA) is 77.8 Å². The molecular weight excluding hydrogens is 285 g/mol. The summed E-state index contributed by atoms with van der Waals surface area (Å²) in [7, 11) is 0. The Bertz CT molecular complexity index is 708. The fourth-order valence-electron chi connectivity index (χ4n) is 2.52. The van der Waals surface area contributed by atoms with E-state index in [1.165, 1.54) is 6.07 Å². The average molecular weight is 301 g/mol. The molecule has 0 spiro atoms. The van der Waals surface area contributed by atoms with E-state index in [1.54, 1.807) is 12.1 Å². The highest BCUT2D eigenvalue weighted by atomic mass is 19.1. The Hall–Kier alpha value is -2.46. The van der Waals surface area contributed by atoms with Crippen LogP contribution in [0.2, 0.25) is 0 Å². The maximum absolute atomic E-state index is 13.8. The molecule has 1 saturated heterocycles. The van der Waals surface area contributed by atoms with Gasteiger partial charge < -0.3 is 9.64 Å². The molecule has 0 saturated carbocycles. The first-order valence-corrected chi connectivity index (χ1v) is 7.19. The van der Waals surface area contributed by atoms with Gasteiger partial charge in [-0.2, -0.15) is 10.4 Å². The average Bonchev–Trinajstić information content (AvgIpc) is 3.04. The van der Waals surface area contributed by atoms with Crippen LogP contribution in [0.5, 0.6) is 0 Å². The number of aromatic amines is 1. The molecule has 22 heavy (non-hydrogen) atoms. The molecule has 1 aromatic carbocycles. The van der Waals surface area contributed by atoms with E-state index in [4.69, 9.17) is 4.74 Å².